The van der Waals surface area contributed by atoms with Crippen LogP contribution in [0.2, 0.25) is 0 Å². The van der Waals surface area contributed by atoms with Gasteiger partial charge in [-0.3, -0.25) is 9.97 Å². The van der Waals surface area contributed by atoms with Crippen molar-refractivity contribution in [2.45, 2.75) is 25.6 Å². The van der Waals surface area contributed by atoms with Gasteiger partial charge in [-0.15, -0.1) is 11.3 Å². The summed E-state index contributed by atoms with van der Waals surface area (Å²) in [5.74, 6) is 0. The lowest BCUT2D eigenvalue weighted by atomic mass is 10.1. The molecule has 0 spiro atoms. The lowest BCUT2D eigenvalue weighted by molar-refractivity contribution is -0.137. The molecule has 7 heteroatoms. The molecule has 108 valence electrons. The molecule has 0 amide bonds. The third-order valence-electron chi connectivity index (χ3n) is 2.81. The summed E-state index contributed by atoms with van der Waals surface area (Å²) in [5.41, 5.74) is 1.61. The number of hydrogen-bond donors (Lipinski definition) is 1. The smallest absolute Gasteiger partial charge is 0.309 e. The first-order valence-corrected chi connectivity index (χ1v) is 7.02. The molecule has 0 aliphatic heterocycles. The Labute approximate surface area is 118 Å². The van der Waals surface area contributed by atoms with Crippen molar-refractivity contribution >= 4 is 11.3 Å². The summed E-state index contributed by atoms with van der Waals surface area (Å²) in [4.78, 5) is 9.01. The number of thiazole rings is 1. The van der Waals surface area contributed by atoms with Gasteiger partial charge in [0.2, 0.25) is 0 Å². The minimum Gasteiger partial charge on any atom is -0.309 e. The molecular weight excluding hydrogens is 287 g/mol. The van der Waals surface area contributed by atoms with Crippen LogP contribution in [-0.2, 0) is 12.6 Å². The lowest BCUT2D eigenvalue weighted by Gasteiger charge is -2.17. The van der Waals surface area contributed by atoms with Crippen LogP contribution in [0.25, 0.3) is 0 Å². The third-order valence-corrected chi connectivity index (χ3v) is 3.61. The molecule has 1 N–H and O–H groups in total. The molecule has 0 aromatic carbocycles. The number of rotatable bonds is 5. The van der Waals surface area contributed by atoms with Crippen LogP contribution >= 0.6 is 11.3 Å². The second-order valence-electron chi connectivity index (χ2n) is 4.25. The van der Waals surface area contributed by atoms with Gasteiger partial charge in [0.25, 0.3) is 0 Å². The number of hydrogen-bond acceptors (Lipinski definition) is 4. The maximum absolute atomic E-state index is 12.5. The Morgan fingerprint density at radius 2 is 2.10 bits per heavy atom. The van der Waals surface area contributed by atoms with Crippen molar-refractivity contribution in [3.63, 3.8) is 0 Å². The number of pyridine rings is 1. The summed E-state index contributed by atoms with van der Waals surface area (Å²) in [7, 11) is 0. The topological polar surface area (TPSA) is 37.8 Å². The lowest BCUT2D eigenvalue weighted by Crippen LogP contribution is -2.23. The van der Waals surface area contributed by atoms with Crippen molar-refractivity contribution in [2.24, 2.45) is 0 Å². The molecule has 20 heavy (non-hydrogen) atoms. The Morgan fingerprint density at radius 1 is 1.30 bits per heavy atom. The molecule has 2 aromatic rings. The Morgan fingerprint density at radius 3 is 2.60 bits per heavy atom. The van der Waals surface area contributed by atoms with Crippen molar-refractivity contribution in [1.29, 1.82) is 0 Å². The highest BCUT2D eigenvalue weighted by Crippen LogP contribution is 2.29. The number of nitrogens with one attached hydrogen (secondary N) is 1. The van der Waals surface area contributed by atoms with Crippen LogP contribution in [0.15, 0.2) is 30.0 Å². The van der Waals surface area contributed by atoms with E-state index in [-0.39, 0.29) is 6.04 Å². The summed E-state index contributed by atoms with van der Waals surface area (Å²) >= 11 is 1.52. The van der Waals surface area contributed by atoms with Crippen LogP contribution in [0.1, 0.15) is 29.1 Å². The number of nitrogens with zero attached hydrogens (tertiary/aromatic N) is 2. The molecule has 0 bridgehead atoms. The summed E-state index contributed by atoms with van der Waals surface area (Å²) in [5, 5.41) is 3.23. The molecule has 0 fully saturated rings. The van der Waals surface area contributed by atoms with Gasteiger partial charge in [-0.1, -0.05) is 6.92 Å². The van der Waals surface area contributed by atoms with Crippen LogP contribution in [-0.4, -0.2) is 16.5 Å². The molecule has 0 aliphatic rings. The van der Waals surface area contributed by atoms with Gasteiger partial charge in [-0.25, -0.2) is 0 Å². The van der Waals surface area contributed by atoms with Crippen LogP contribution in [0.5, 0.6) is 0 Å². The SMILES string of the molecule is CCNC(Cc1cncs1)c1ccc(C(F)(F)F)cn1. The van der Waals surface area contributed by atoms with Gasteiger partial charge in [0.05, 0.1) is 22.8 Å². The largest absolute Gasteiger partial charge is 0.417 e. The van der Waals surface area contributed by atoms with Crippen molar-refractivity contribution in [3.8, 4) is 0 Å². The first kappa shape index (κ1) is 14.9. The fraction of sp³-hybridized carbons (Fsp3) is 0.385. The summed E-state index contributed by atoms with van der Waals surface area (Å²) < 4.78 is 37.5. The Balaban J connectivity index is 2.17. The van der Waals surface area contributed by atoms with E-state index in [4.69, 9.17) is 0 Å². The highest BCUT2D eigenvalue weighted by molar-refractivity contribution is 7.09. The minimum absolute atomic E-state index is 0.109. The number of alkyl halides is 3. The maximum Gasteiger partial charge on any atom is 0.417 e. The van der Waals surface area contributed by atoms with Crippen molar-refractivity contribution in [3.05, 3.63) is 46.2 Å². The highest BCUT2D eigenvalue weighted by atomic mass is 32.1. The van der Waals surface area contributed by atoms with E-state index < -0.39 is 11.7 Å². The van der Waals surface area contributed by atoms with Gasteiger partial charge in [-0.05, 0) is 18.7 Å². The minimum atomic E-state index is -4.35. The molecule has 1 atom stereocenters. The van der Waals surface area contributed by atoms with E-state index in [1.54, 1.807) is 11.7 Å². The first-order valence-electron chi connectivity index (χ1n) is 6.14. The Kier molecular flexibility index (Phi) is 4.72. The Hall–Kier alpha value is -1.47. The number of likely N-dealkylation sites (N-methyl/N-ethyl adjacent to an activating group) is 1. The van der Waals surface area contributed by atoms with Gasteiger partial charge in [0, 0.05) is 23.7 Å². The summed E-state index contributed by atoms with van der Waals surface area (Å²) in [6, 6.07) is 2.39. The average molecular weight is 301 g/mol. The number of aromatic nitrogens is 2. The third kappa shape index (κ3) is 3.77. The average Bonchev–Trinajstić information content (AvgIpc) is 2.90. The number of halogens is 3. The fourth-order valence-electron chi connectivity index (χ4n) is 1.85. The fourth-order valence-corrected chi connectivity index (χ4v) is 2.49. The second kappa shape index (κ2) is 6.32. The maximum atomic E-state index is 12.5. The standard InChI is InChI=1S/C13H14F3N3S/c1-2-18-12(5-10-7-17-8-20-10)11-4-3-9(6-19-11)13(14,15)16/h3-4,6-8,12,18H,2,5H2,1H3. The van der Waals surface area contributed by atoms with Crippen molar-refractivity contribution in [2.75, 3.05) is 6.54 Å². The predicted molar refractivity (Wildman–Crippen MR) is 71.5 cm³/mol. The van der Waals surface area contributed by atoms with Crippen molar-refractivity contribution < 1.29 is 13.2 Å². The van der Waals surface area contributed by atoms with Gasteiger partial charge in [0.15, 0.2) is 0 Å². The Bertz CT molecular complexity index is 523. The van der Waals surface area contributed by atoms with Gasteiger partial charge < -0.3 is 5.32 Å². The van der Waals surface area contributed by atoms with Crippen LogP contribution in [0.3, 0.4) is 0 Å². The quantitative estimate of drug-likeness (QED) is 0.919. The zero-order valence-electron chi connectivity index (χ0n) is 10.8. The molecule has 0 aliphatic carbocycles. The van der Waals surface area contributed by atoms with E-state index in [1.807, 2.05) is 6.92 Å². The monoisotopic (exact) mass is 301 g/mol. The molecule has 0 saturated heterocycles. The zero-order valence-corrected chi connectivity index (χ0v) is 11.6. The van der Waals surface area contributed by atoms with Gasteiger partial charge in [-0.2, -0.15) is 13.2 Å². The molecule has 1 unspecified atom stereocenters. The van der Waals surface area contributed by atoms with E-state index in [9.17, 15) is 13.2 Å². The molecule has 0 radical (unpaired) electrons. The molecule has 0 saturated carbocycles. The van der Waals surface area contributed by atoms with Crippen LogP contribution < -0.4 is 5.32 Å². The molecular formula is C13H14F3N3S. The zero-order chi connectivity index (χ0) is 14.6. The molecule has 3 nitrogen and oxygen atoms in total. The normalized spacial score (nSPS) is 13.4. The molecule has 2 aromatic heterocycles. The molecule has 2 heterocycles. The van der Waals surface area contributed by atoms with E-state index in [1.165, 1.54) is 17.4 Å². The van der Waals surface area contributed by atoms with Crippen LogP contribution in [0.4, 0.5) is 13.2 Å². The van der Waals surface area contributed by atoms with E-state index in [0.717, 1.165) is 17.1 Å². The van der Waals surface area contributed by atoms with E-state index >= 15 is 0 Å². The summed E-state index contributed by atoms with van der Waals surface area (Å²) in [6.07, 6.45) is -1.04. The first-order chi connectivity index (χ1) is 9.50. The van der Waals surface area contributed by atoms with Gasteiger partial charge in [0.1, 0.15) is 0 Å². The molecule has 2 rings (SSSR count). The van der Waals surface area contributed by atoms with Gasteiger partial charge >= 0.3 is 6.18 Å². The second-order valence-corrected chi connectivity index (χ2v) is 5.22. The van der Waals surface area contributed by atoms with E-state index in [0.29, 0.717) is 18.7 Å². The van der Waals surface area contributed by atoms with E-state index in [2.05, 4.69) is 15.3 Å². The summed E-state index contributed by atoms with van der Waals surface area (Å²) in [6.45, 7) is 2.66. The van der Waals surface area contributed by atoms with Crippen molar-refractivity contribution in [1.82, 2.24) is 15.3 Å². The van der Waals surface area contributed by atoms with Crippen LogP contribution in [0, 0.1) is 0 Å². The predicted octanol–water partition coefficient (Wildman–Crippen LogP) is 3.45. The highest BCUT2D eigenvalue weighted by Gasteiger charge is 2.31.